The molecule has 27 heavy (non-hydrogen) atoms. The van der Waals surface area contributed by atoms with Crippen molar-refractivity contribution in [3.8, 4) is 11.5 Å². The summed E-state index contributed by atoms with van der Waals surface area (Å²) in [4.78, 5) is 23.1. The van der Waals surface area contributed by atoms with E-state index in [4.69, 9.17) is 9.47 Å². The molecule has 0 saturated heterocycles. The van der Waals surface area contributed by atoms with Crippen LogP contribution in [0.2, 0.25) is 0 Å². The Morgan fingerprint density at radius 1 is 1.11 bits per heavy atom. The molecule has 0 aliphatic heterocycles. The monoisotopic (exact) mass is 373 g/mol. The van der Waals surface area contributed by atoms with Gasteiger partial charge in [-0.2, -0.15) is 0 Å². The third-order valence-corrected chi connectivity index (χ3v) is 3.84. The van der Waals surface area contributed by atoms with Gasteiger partial charge in [0.05, 0.1) is 14.2 Å². The molecule has 2 rings (SSSR count). The second kappa shape index (κ2) is 9.72. The third kappa shape index (κ3) is 6.10. The van der Waals surface area contributed by atoms with E-state index in [2.05, 4.69) is 25.5 Å². The molecular weight excluding hydrogens is 346 g/mol. The fraction of sp³-hybridized carbons (Fsp3) is 0.421. The normalized spacial score (nSPS) is 10.6. The molecule has 0 bridgehead atoms. The summed E-state index contributed by atoms with van der Waals surface area (Å²) in [6, 6.07) is 7.17. The molecule has 2 aromatic rings. The van der Waals surface area contributed by atoms with Gasteiger partial charge in [0.2, 0.25) is 0 Å². The maximum absolute atomic E-state index is 12.5. The van der Waals surface area contributed by atoms with Gasteiger partial charge >= 0.3 is 0 Å². The number of likely N-dealkylation sites (N-methyl/N-ethyl adjacent to an activating group) is 1. The summed E-state index contributed by atoms with van der Waals surface area (Å²) in [5.41, 5.74) is 1.23. The molecule has 2 N–H and O–H groups in total. The highest BCUT2D eigenvalue weighted by Crippen LogP contribution is 2.27. The second-order valence-electron chi connectivity index (χ2n) is 6.29. The Morgan fingerprint density at radius 3 is 2.52 bits per heavy atom. The van der Waals surface area contributed by atoms with Crippen LogP contribution in [0.5, 0.6) is 11.5 Å². The molecule has 1 heterocycles. The van der Waals surface area contributed by atoms with Gasteiger partial charge in [-0.25, -0.2) is 9.97 Å². The molecular formula is C19H27N5O3. The van der Waals surface area contributed by atoms with Crippen molar-refractivity contribution in [1.82, 2.24) is 20.2 Å². The quantitative estimate of drug-likeness (QED) is 0.692. The maximum Gasteiger partial charge on any atom is 0.270 e. The van der Waals surface area contributed by atoms with E-state index in [9.17, 15) is 4.79 Å². The molecule has 1 aromatic carbocycles. The Bertz CT molecular complexity index is 780. The van der Waals surface area contributed by atoms with Crippen molar-refractivity contribution >= 4 is 11.7 Å². The Hall–Kier alpha value is -2.87. The van der Waals surface area contributed by atoms with Crippen molar-refractivity contribution < 1.29 is 14.3 Å². The van der Waals surface area contributed by atoms with Crippen LogP contribution in [0.15, 0.2) is 24.3 Å². The Kier molecular flexibility index (Phi) is 7.36. The average molecular weight is 373 g/mol. The number of carbonyl (C=O) groups is 1. The van der Waals surface area contributed by atoms with Crippen LogP contribution in [-0.2, 0) is 6.54 Å². The van der Waals surface area contributed by atoms with Gasteiger partial charge in [0.15, 0.2) is 11.5 Å². The lowest BCUT2D eigenvalue weighted by atomic mass is 10.2. The SMILES string of the molecule is COc1ccc(CNC(=O)c2cc(NCCN(C)C)nc(C)n2)cc1OC. The van der Waals surface area contributed by atoms with E-state index in [-0.39, 0.29) is 5.91 Å². The van der Waals surface area contributed by atoms with Gasteiger partial charge in [0.1, 0.15) is 17.3 Å². The number of methoxy groups -OCH3 is 2. The van der Waals surface area contributed by atoms with Gasteiger partial charge in [0, 0.05) is 25.7 Å². The number of ether oxygens (including phenoxy) is 2. The Morgan fingerprint density at radius 2 is 1.85 bits per heavy atom. The number of nitrogens with one attached hydrogen (secondary N) is 2. The fourth-order valence-corrected chi connectivity index (χ4v) is 2.45. The Balaban J connectivity index is 2.02. The maximum atomic E-state index is 12.5. The Labute approximate surface area is 159 Å². The van der Waals surface area contributed by atoms with Gasteiger partial charge in [-0.05, 0) is 38.7 Å². The van der Waals surface area contributed by atoms with Crippen molar-refractivity contribution in [2.45, 2.75) is 13.5 Å². The summed E-state index contributed by atoms with van der Waals surface area (Å²) in [6.45, 7) is 3.72. The molecule has 1 amide bonds. The molecule has 8 heteroatoms. The number of anilines is 1. The number of nitrogens with zero attached hydrogens (tertiary/aromatic N) is 3. The average Bonchev–Trinajstić information content (AvgIpc) is 2.65. The van der Waals surface area contributed by atoms with E-state index in [0.717, 1.165) is 18.7 Å². The first-order valence-electron chi connectivity index (χ1n) is 8.66. The molecule has 146 valence electrons. The van der Waals surface area contributed by atoms with Gasteiger partial charge in [-0.1, -0.05) is 6.07 Å². The van der Waals surface area contributed by atoms with Crippen molar-refractivity contribution in [3.05, 3.63) is 41.3 Å². The highest BCUT2D eigenvalue weighted by Gasteiger charge is 2.11. The lowest BCUT2D eigenvalue weighted by molar-refractivity contribution is 0.0945. The van der Waals surface area contributed by atoms with Crippen LogP contribution in [0.1, 0.15) is 21.9 Å². The van der Waals surface area contributed by atoms with Gasteiger partial charge < -0.3 is 25.0 Å². The van der Waals surface area contributed by atoms with Crippen LogP contribution in [0.3, 0.4) is 0 Å². The molecule has 0 fully saturated rings. The molecule has 0 saturated carbocycles. The first-order valence-corrected chi connectivity index (χ1v) is 8.66. The molecule has 0 aliphatic carbocycles. The zero-order valence-corrected chi connectivity index (χ0v) is 16.5. The first kappa shape index (κ1) is 20.4. The van der Waals surface area contributed by atoms with E-state index < -0.39 is 0 Å². The van der Waals surface area contributed by atoms with Gasteiger partial charge in [-0.15, -0.1) is 0 Å². The van der Waals surface area contributed by atoms with E-state index in [1.54, 1.807) is 27.2 Å². The zero-order valence-electron chi connectivity index (χ0n) is 16.5. The predicted molar refractivity (Wildman–Crippen MR) is 105 cm³/mol. The highest BCUT2D eigenvalue weighted by atomic mass is 16.5. The van der Waals surface area contributed by atoms with Crippen LogP contribution in [0, 0.1) is 6.92 Å². The van der Waals surface area contributed by atoms with Crippen LogP contribution in [0.4, 0.5) is 5.82 Å². The summed E-state index contributed by atoms with van der Waals surface area (Å²) >= 11 is 0. The summed E-state index contributed by atoms with van der Waals surface area (Å²) < 4.78 is 10.5. The van der Waals surface area contributed by atoms with Crippen molar-refractivity contribution in [1.29, 1.82) is 0 Å². The molecule has 8 nitrogen and oxygen atoms in total. The standard InChI is InChI=1S/C19H27N5O3/c1-13-22-15(11-18(23-13)20-8-9-24(2)3)19(25)21-12-14-6-7-16(26-4)17(10-14)27-5/h6-7,10-11H,8-9,12H2,1-5H3,(H,21,25)(H,20,22,23). The number of aryl methyl sites for hydroxylation is 1. The van der Waals surface area contributed by atoms with Crippen molar-refractivity contribution in [3.63, 3.8) is 0 Å². The van der Waals surface area contributed by atoms with Crippen LogP contribution in [-0.4, -0.2) is 62.2 Å². The topological polar surface area (TPSA) is 88.6 Å². The van der Waals surface area contributed by atoms with Gasteiger partial charge in [0.25, 0.3) is 5.91 Å². The third-order valence-electron chi connectivity index (χ3n) is 3.84. The summed E-state index contributed by atoms with van der Waals surface area (Å²) in [5.74, 6) is 2.19. The second-order valence-corrected chi connectivity index (χ2v) is 6.29. The van der Waals surface area contributed by atoms with Crippen molar-refractivity contribution in [2.24, 2.45) is 0 Å². The zero-order chi connectivity index (χ0) is 19.8. The van der Waals surface area contributed by atoms with Crippen LogP contribution in [0.25, 0.3) is 0 Å². The fourth-order valence-electron chi connectivity index (χ4n) is 2.45. The smallest absolute Gasteiger partial charge is 0.270 e. The predicted octanol–water partition coefficient (Wildman–Crippen LogP) is 1.71. The van der Waals surface area contributed by atoms with E-state index >= 15 is 0 Å². The number of amides is 1. The lowest BCUT2D eigenvalue weighted by Crippen LogP contribution is -2.25. The number of benzene rings is 1. The summed E-state index contributed by atoms with van der Waals surface area (Å²) in [7, 11) is 7.16. The largest absolute Gasteiger partial charge is 0.493 e. The highest BCUT2D eigenvalue weighted by molar-refractivity contribution is 5.92. The molecule has 0 spiro atoms. The van der Waals surface area contributed by atoms with Crippen molar-refractivity contribution in [2.75, 3.05) is 46.7 Å². The van der Waals surface area contributed by atoms with E-state index in [0.29, 0.717) is 35.4 Å². The summed E-state index contributed by atoms with van der Waals surface area (Å²) in [6.07, 6.45) is 0. The minimum atomic E-state index is -0.258. The minimum absolute atomic E-state index is 0.258. The molecule has 1 aromatic heterocycles. The lowest BCUT2D eigenvalue weighted by Gasteiger charge is -2.12. The van der Waals surface area contributed by atoms with E-state index in [1.165, 1.54) is 0 Å². The number of hydrogen-bond acceptors (Lipinski definition) is 7. The summed E-state index contributed by atoms with van der Waals surface area (Å²) in [5, 5.41) is 6.08. The first-order chi connectivity index (χ1) is 12.9. The molecule has 0 aliphatic rings. The number of rotatable bonds is 9. The van der Waals surface area contributed by atoms with Crippen LogP contribution < -0.4 is 20.1 Å². The van der Waals surface area contributed by atoms with Gasteiger partial charge in [-0.3, -0.25) is 4.79 Å². The number of carbonyl (C=O) groups excluding carboxylic acids is 1. The number of aromatic nitrogens is 2. The molecule has 0 atom stereocenters. The molecule has 0 radical (unpaired) electrons. The van der Waals surface area contributed by atoms with E-state index in [1.807, 2.05) is 32.3 Å². The minimum Gasteiger partial charge on any atom is -0.493 e. The number of hydrogen-bond donors (Lipinski definition) is 2. The van der Waals surface area contributed by atoms with Crippen LogP contribution >= 0.6 is 0 Å². The molecule has 0 unspecified atom stereocenters.